The third-order valence-corrected chi connectivity index (χ3v) is 6.45. The summed E-state index contributed by atoms with van der Waals surface area (Å²) in [6.07, 6.45) is 6.23. The van der Waals surface area contributed by atoms with Crippen molar-refractivity contribution >= 4 is 11.9 Å². The Morgan fingerprint density at radius 2 is 1.88 bits per heavy atom. The molecule has 1 amide bonds. The smallest absolute Gasteiger partial charge is 0.225 e. The van der Waals surface area contributed by atoms with Crippen molar-refractivity contribution in [2.24, 2.45) is 5.92 Å². The number of likely N-dealkylation sites (tertiary alicyclic amines) is 1. The van der Waals surface area contributed by atoms with Crippen LogP contribution in [0.5, 0.6) is 0 Å². The summed E-state index contributed by atoms with van der Waals surface area (Å²) in [5.74, 6) is 2.00. The standard InChI is InChI=1S/C25H29N5O2/c31-24(20-9-13-29(14-10-20)18-22-7-4-16-32-22)27-21-11-15-30(17-21)25-26-12-8-23(28-25)19-5-2-1-3-6-19/h1-8,12,16,20-21H,9-11,13-15,17-18H2,(H,27,31). The van der Waals surface area contributed by atoms with E-state index >= 15 is 0 Å². The minimum atomic E-state index is 0.0922. The van der Waals surface area contributed by atoms with Crippen molar-refractivity contribution in [1.29, 1.82) is 0 Å². The highest BCUT2D eigenvalue weighted by Gasteiger charge is 2.30. The van der Waals surface area contributed by atoms with Crippen LogP contribution in [0.4, 0.5) is 5.95 Å². The van der Waals surface area contributed by atoms with Gasteiger partial charge in [0.2, 0.25) is 11.9 Å². The third kappa shape index (κ3) is 4.83. The number of anilines is 1. The van der Waals surface area contributed by atoms with Crippen LogP contribution in [0, 0.1) is 5.92 Å². The summed E-state index contributed by atoms with van der Waals surface area (Å²) >= 11 is 0. The molecule has 1 aromatic carbocycles. The number of nitrogens with one attached hydrogen (secondary N) is 1. The van der Waals surface area contributed by atoms with Crippen LogP contribution in [-0.2, 0) is 11.3 Å². The van der Waals surface area contributed by atoms with Gasteiger partial charge in [-0.15, -0.1) is 0 Å². The van der Waals surface area contributed by atoms with Crippen LogP contribution in [0.1, 0.15) is 25.0 Å². The molecule has 2 aliphatic heterocycles. The number of hydrogen-bond donors (Lipinski definition) is 1. The molecule has 4 heterocycles. The van der Waals surface area contributed by atoms with E-state index in [4.69, 9.17) is 9.40 Å². The first-order valence-corrected chi connectivity index (χ1v) is 11.4. The average Bonchev–Trinajstić information content (AvgIpc) is 3.53. The van der Waals surface area contributed by atoms with E-state index in [0.29, 0.717) is 0 Å². The number of nitrogens with zero attached hydrogens (tertiary/aromatic N) is 4. The predicted octanol–water partition coefficient (Wildman–Crippen LogP) is 3.34. The van der Waals surface area contributed by atoms with Crippen molar-refractivity contribution < 1.29 is 9.21 Å². The Morgan fingerprint density at radius 1 is 1.03 bits per heavy atom. The van der Waals surface area contributed by atoms with E-state index in [1.54, 1.807) is 6.26 Å². The van der Waals surface area contributed by atoms with E-state index < -0.39 is 0 Å². The molecule has 7 nitrogen and oxygen atoms in total. The molecule has 0 saturated carbocycles. The van der Waals surface area contributed by atoms with E-state index in [0.717, 1.165) is 75.0 Å². The van der Waals surface area contributed by atoms with Crippen LogP contribution in [0.3, 0.4) is 0 Å². The molecule has 2 aromatic heterocycles. The molecule has 5 rings (SSSR count). The monoisotopic (exact) mass is 431 g/mol. The molecule has 0 radical (unpaired) electrons. The quantitative estimate of drug-likeness (QED) is 0.645. The summed E-state index contributed by atoms with van der Waals surface area (Å²) in [4.78, 5) is 26.6. The largest absolute Gasteiger partial charge is 0.468 e. The highest BCUT2D eigenvalue weighted by molar-refractivity contribution is 5.79. The number of benzene rings is 1. The second-order valence-electron chi connectivity index (χ2n) is 8.68. The van der Waals surface area contributed by atoms with E-state index in [9.17, 15) is 4.79 Å². The fourth-order valence-electron chi connectivity index (χ4n) is 4.63. The summed E-state index contributed by atoms with van der Waals surface area (Å²) in [6.45, 7) is 4.28. The van der Waals surface area contributed by atoms with Gasteiger partial charge in [0.05, 0.1) is 18.5 Å². The number of furan rings is 1. The maximum absolute atomic E-state index is 12.9. The molecule has 0 aliphatic carbocycles. The fraction of sp³-hybridized carbons (Fsp3) is 0.400. The van der Waals surface area contributed by atoms with Gasteiger partial charge in [-0.3, -0.25) is 9.69 Å². The lowest BCUT2D eigenvalue weighted by Gasteiger charge is -2.31. The molecule has 0 bridgehead atoms. The summed E-state index contributed by atoms with van der Waals surface area (Å²) < 4.78 is 5.44. The van der Waals surface area contributed by atoms with Gasteiger partial charge in [0.25, 0.3) is 0 Å². The SMILES string of the molecule is O=C(NC1CCN(c2nccc(-c3ccccc3)n2)C1)C1CCN(Cc2ccco2)CC1. The van der Waals surface area contributed by atoms with Crippen LogP contribution < -0.4 is 10.2 Å². The molecule has 2 aliphatic rings. The van der Waals surface area contributed by atoms with Crippen molar-refractivity contribution in [2.45, 2.75) is 31.8 Å². The zero-order chi connectivity index (χ0) is 21.8. The Labute approximate surface area is 188 Å². The van der Waals surface area contributed by atoms with Gasteiger partial charge >= 0.3 is 0 Å². The van der Waals surface area contributed by atoms with Crippen molar-refractivity contribution in [2.75, 3.05) is 31.1 Å². The number of hydrogen-bond acceptors (Lipinski definition) is 6. The zero-order valence-electron chi connectivity index (χ0n) is 18.2. The van der Waals surface area contributed by atoms with E-state index in [2.05, 4.69) is 32.2 Å². The summed E-state index contributed by atoms with van der Waals surface area (Å²) in [5.41, 5.74) is 2.00. The van der Waals surface area contributed by atoms with Gasteiger partial charge in [0, 0.05) is 36.8 Å². The molecular weight excluding hydrogens is 402 g/mol. The molecule has 32 heavy (non-hydrogen) atoms. The van der Waals surface area contributed by atoms with Gasteiger partial charge in [0.1, 0.15) is 5.76 Å². The number of rotatable bonds is 6. The van der Waals surface area contributed by atoms with E-state index in [-0.39, 0.29) is 17.9 Å². The van der Waals surface area contributed by atoms with Crippen molar-refractivity contribution in [3.63, 3.8) is 0 Å². The van der Waals surface area contributed by atoms with Crippen LogP contribution in [0.2, 0.25) is 0 Å². The van der Waals surface area contributed by atoms with E-state index in [1.165, 1.54) is 0 Å². The van der Waals surface area contributed by atoms with Gasteiger partial charge in [-0.2, -0.15) is 0 Å². The highest BCUT2D eigenvalue weighted by Crippen LogP contribution is 2.23. The number of amides is 1. The second-order valence-corrected chi connectivity index (χ2v) is 8.68. The molecule has 166 valence electrons. The summed E-state index contributed by atoms with van der Waals surface area (Å²) in [7, 11) is 0. The third-order valence-electron chi connectivity index (χ3n) is 6.45. The molecule has 3 aromatic rings. The van der Waals surface area contributed by atoms with Gasteiger partial charge in [-0.25, -0.2) is 9.97 Å². The summed E-state index contributed by atoms with van der Waals surface area (Å²) in [6, 6.07) is 16.1. The molecular formula is C25H29N5O2. The first kappa shape index (κ1) is 20.7. The Bertz CT molecular complexity index is 1020. The lowest BCUT2D eigenvalue weighted by atomic mass is 9.95. The Balaban J connectivity index is 1.12. The predicted molar refractivity (Wildman–Crippen MR) is 123 cm³/mol. The minimum Gasteiger partial charge on any atom is -0.468 e. The van der Waals surface area contributed by atoms with Crippen molar-refractivity contribution in [3.8, 4) is 11.3 Å². The maximum Gasteiger partial charge on any atom is 0.225 e. The van der Waals surface area contributed by atoms with Gasteiger partial charge < -0.3 is 14.6 Å². The number of piperidine rings is 1. The Hall–Kier alpha value is -3.19. The first-order valence-electron chi connectivity index (χ1n) is 11.4. The average molecular weight is 432 g/mol. The van der Waals surface area contributed by atoms with Crippen molar-refractivity contribution in [3.05, 3.63) is 66.8 Å². The first-order chi connectivity index (χ1) is 15.7. The number of carbonyl (C=O) groups is 1. The molecule has 1 N–H and O–H groups in total. The van der Waals surface area contributed by atoms with Gasteiger partial charge in [0.15, 0.2) is 0 Å². The zero-order valence-corrected chi connectivity index (χ0v) is 18.2. The lowest BCUT2D eigenvalue weighted by molar-refractivity contribution is -0.127. The highest BCUT2D eigenvalue weighted by atomic mass is 16.3. The molecule has 1 atom stereocenters. The second kappa shape index (κ2) is 9.53. The van der Waals surface area contributed by atoms with Crippen LogP contribution in [0.15, 0.2) is 65.4 Å². The molecule has 0 spiro atoms. The van der Waals surface area contributed by atoms with E-state index in [1.807, 2.05) is 42.6 Å². The maximum atomic E-state index is 12.9. The number of carbonyl (C=O) groups excluding carboxylic acids is 1. The van der Waals surface area contributed by atoms with Gasteiger partial charge in [-0.1, -0.05) is 30.3 Å². The molecule has 2 saturated heterocycles. The lowest BCUT2D eigenvalue weighted by Crippen LogP contribution is -2.44. The Kier molecular flexibility index (Phi) is 6.16. The molecule has 7 heteroatoms. The topological polar surface area (TPSA) is 74.5 Å². The molecule has 1 unspecified atom stereocenters. The van der Waals surface area contributed by atoms with Crippen LogP contribution in [-0.4, -0.2) is 53.0 Å². The summed E-state index contributed by atoms with van der Waals surface area (Å²) in [5, 5.41) is 3.28. The Morgan fingerprint density at radius 3 is 2.66 bits per heavy atom. The minimum absolute atomic E-state index is 0.0922. The van der Waals surface area contributed by atoms with Crippen molar-refractivity contribution in [1.82, 2.24) is 20.2 Å². The van der Waals surface area contributed by atoms with Crippen LogP contribution >= 0.6 is 0 Å². The number of aromatic nitrogens is 2. The molecule has 2 fully saturated rings. The van der Waals surface area contributed by atoms with Gasteiger partial charge in [-0.05, 0) is 50.6 Å². The van der Waals surface area contributed by atoms with Crippen LogP contribution in [0.25, 0.3) is 11.3 Å². The normalized spacial score (nSPS) is 19.9. The fourth-order valence-corrected chi connectivity index (χ4v) is 4.63.